The Morgan fingerprint density at radius 1 is 1.35 bits per heavy atom. The molecule has 2 aliphatic heterocycles. The van der Waals surface area contributed by atoms with E-state index in [1.165, 1.54) is 34.9 Å². The fourth-order valence-corrected chi connectivity index (χ4v) is 5.47. The van der Waals surface area contributed by atoms with Gasteiger partial charge in [0.15, 0.2) is 0 Å². The summed E-state index contributed by atoms with van der Waals surface area (Å²) < 4.78 is 19.5. The lowest BCUT2D eigenvalue weighted by molar-refractivity contribution is -0.138. The topological polar surface area (TPSA) is 109 Å². The molecule has 1 atom stereocenters. The van der Waals surface area contributed by atoms with E-state index in [1.807, 2.05) is 20.8 Å². The number of nitrogens with zero attached hydrogens (tertiary/aromatic N) is 3. The molecule has 0 saturated heterocycles. The van der Waals surface area contributed by atoms with E-state index >= 15 is 0 Å². The monoisotopic (exact) mass is 478 g/mol. The lowest BCUT2D eigenvalue weighted by Crippen LogP contribution is -2.41. The van der Waals surface area contributed by atoms with Gasteiger partial charge in [0.2, 0.25) is 0 Å². The molecule has 2 N–H and O–H groups in total. The number of fused-ring (bicyclic) bond motifs is 2. The van der Waals surface area contributed by atoms with Crippen LogP contribution in [0.25, 0.3) is 0 Å². The number of carbonyl (C=O) groups excluding carboxylic acids is 2. The van der Waals surface area contributed by atoms with Crippen molar-refractivity contribution >= 4 is 23.6 Å². The smallest absolute Gasteiger partial charge is 0.336 e. The summed E-state index contributed by atoms with van der Waals surface area (Å²) in [5.74, 6) is -2.55. The Morgan fingerprint density at radius 3 is 2.74 bits per heavy atom. The standard InChI is InChI=1S/C25H23FN4O3S/c1-5-33-25(32)21-18-11-34-23-19(13(3)12(2)14(4)29-23)24(31)30(18)22(28)17(10-27)20(21)15-7-6-8-16(26)9-15/h6-9,20H,5,11,28H2,1-4H3. The van der Waals surface area contributed by atoms with E-state index in [-0.39, 0.29) is 29.3 Å². The van der Waals surface area contributed by atoms with E-state index < -0.39 is 23.6 Å². The molecule has 0 fully saturated rings. The van der Waals surface area contributed by atoms with Crippen molar-refractivity contribution in [3.05, 3.63) is 80.7 Å². The molecule has 0 spiro atoms. The van der Waals surface area contributed by atoms with Crippen molar-refractivity contribution in [1.29, 1.82) is 5.26 Å². The SMILES string of the molecule is CCOC(=O)C1=C2CSc3nc(C)c(C)c(C)c3C(=O)N2C(N)=C(C#N)C1c1cccc(F)c1. The number of halogens is 1. The molecule has 0 radical (unpaired) electrons. The van der Waals surface area contributed by atoms with E-state index in [2.05, 4.69) is 11.1 Å². The van der Waals surface area contributed by atoms with Crippen LogP contribution in [0.5, 0.6) is 0 Å². The zero-order chi connectivity index (χ0) is 24.7. The molecule has 4 rings (SSSR count). The maximum atomic E-state index is 14.1. The number of thioether (sulfide) groups is 1. The van der Waals surface area contributed by atoms with Gasteiger partial charge < -0.3 is 10.5 Å². The number of aryl methyl sites for hydroxylation is 1. The molecule has 7 nitrogen and oxygen atoms in total. The number of rotatable bonds is 3. The highest BCUT2D eigenvalue weighted by Crippen LogP contribution is 2.45. The first-order chi connectivity index (χ1) is 16.2. The minimum Gasteiger partial charge on any atom is -0.463 e. The van der Waals surface area contributed by atoms with Crippen molar-refractivity contribution in [3.63, 3.8) is 0 Å². The predicted molar refractivity (Wildman–Crippen MR) is 125 cm³/mol. The molecular weight excluding hydrogens is 455 g/mol. The number of allylic oxidation sites excluding steroid dienone is 1. The van der Waals surface area contributed by atoms with E-state index in [0.717, 1.165) is 16.8 Å². The van der Waals surface area contributed by atoms with E-state index in [0.29, 0.717) is 21.8 Å². The maximum absolute atomic E-state index is 14.1. The van der Waals surface area contributed by atoms with Crippen LogP contribution in [0.4, 0.5) is 4.39 Å². The Morgan fingerprint density at radius 2 is 2.09 bits per heavy atom. The van der Waals surface area contributed by atoms with Crippen LogP contribution >= 0.6 is 11.8 Å². The molecule has 34 heavy (non-hydrogen) atoms. The predicted octanol–water partition coefficient (Wildman–Crippen LogP) is 4.00. The third kappa shape index (κ3) is 3.64. The summed E-state index contributed by atoms with van der Waals surface area (Å²) >= 11 is 1.31. The van der Waals surface area contributed by atoms with Crippen molar-refractivity contribution in [2.45, 2.75) is 38.6 Å². The van der Waals surface area contributed by atoms with Crippen LogP contribution in [0.3, 0.4) is 0 Å². The van der Waals surface area contributed by atoms with Crippen LogP contribution in [-0.2, 0) is 9.53 Å². The molecule has 1 amide bonds. The minimum absolute atomic E-state index is 0.0198. The summed E-state index contributed by atoms with van der Waals surface area (Å²) in [6.45, 7) is 7.35. The summed E-state index contributed by atoms with van der Waals surface area (Å²) in [7, 11) is 0. The third-order valence-corrected chi connectivity index (χ3v) is 7.19. The molecular formula is C25H23FN4O3S. The molecule has 3 heterocycles. The summed E-state index contributed by atoms with van der Waals surface area (Å²) in [5.41, 5.74) is 10.0. The number of benzene rings is 1. The molecule has 0 aliphatic carbocycles. The Kier molecular flexibility index (Phi) is 6.19. The Hall–Kier alpha value is -3.64. The van der Waals surface area contributed by atoms with Crippen molar-refractivity contribution in [1.82, 2.24) is 9.88 Å². The Bertz CT molecular complexity index is 1340. The van der Waals surface area contributed by atoms with Crippen molar-refractivity contribution < 1.29 is 18.7 Å². The van der Waals surface area contributed by atoms with Gasteiger partial charge in [0.1, 0.15) is 16.7 Å². The zero-order valence-electron chi connectivity index (χ0n) is 19.2. The largest absolute Gasteiger partial charge is 0.463 e. The molecule has 174 valence electrons. The average molecular weight is 479 g/mol. The molecule has 2 aliphatic rings. The second kappa shape index (κ2) is 8.95. The number of hydrogen-bond donors (Lipinski definition) is 1. The molecule has 9 heteroatoms. The number of hydrogen-bond acceptors (Lipinski definition) is 7. The van der Waals surface area contributed by atoms with Gasteiger partial charge in [-0.05, 0) is 56.5 Å². The van der Waals surface area contributed by atoms with Gasteiger partial charge in [0.25, 0.3) is 5.91 Å². The minimum atomic E-state index is -0.974. The van der Waals surface area contributed by atoms with E-state index in [4.69, 9.17) is 10.5 Å². The van der Waals surface area contributed by atoms with E-state index in [1.54, 1.807) is 13.0 Å². The number of ether oxygens (including phenoxy) is 1. The summed E-state index contributed by atoms with van der Waals surface area (Å²) in [6.07, 6.45) is 0. The number of carbonyl (C=O) groups is 2. The van der Waals surface area contributed by atoms with Crippen LogP contribution in [-0.4, -0.2) is 34.1 Å². The lowest BCUT2D eigenvalue weighted by atomic mass is 9.81. The number of nitriles is 1. The van der Waals surface area contributed by atoms with Gasteiger partial charge in [-0.1, -0.05) is 23.9 Å². The van der Waals surface area contributed by atoms with Crippen molar-refractivity contribution in [2.75, 3.05) is 12.4 Å². The maximum Gasteiger partial charge on any atom is 0.336 e. The molecule has 1 unspecified atom stereocenters. The first kappa shape index (κ1) is 23.5. The lowest BCUT2D eigenvalue weighted by Gasteiger charge is -2.35. The van der Waals surface area contributed by atoms with Gasteiger partial charge in [0.05, 0.1) is 35.3 Å². The third-order valence-electron chi connectivity index (χ3n) is 6.20. The van der Waals surface area contributed by atoms with Crippen LogP contribution in [0.1, 0.15) is 45.6 Å². The van der Waals surface area contributed by atoms with Gasteiger partial charge in [-0.15, -0.1) is 0 Å². The first-order valence-corrected chi connectivity index (χ1v) is 11.7. The van der Waals surface area contributed by atoms with Crippen LogP contribution in [0.2, 0.25) is 0 Å². The quantitative estimate of drug-likeness (QED) is 0.664. The molecule has 0 bridgehead atoms. The molecule has 1 aromatic carbocycles. The van der Waals surface area contributed by atoms with Gasteiger partial charge in [-0.2, -0.15) is 5.26 Å². The van der Waals surface area contributed by atoms with E-state index in [9.17, 15) is 19.2 Å². The number of aromatic nitrogens is 1. The second-order valence-electron chi connectivity index (χ2n) is 8.04. The fraction of sp³-hybridized carbons (Fsp3) is 0.280. The molecule has 2 aromatic rings. The number of amides is 1. The number of nitrogens with two attached hydrogens (primary N) is 1. The number of pyridine rings is 1. The highest BCUT2D eigenvalue weighted by molar-refractivity contribution is 7.99. The average Bonchev–Trinajstić information content (AvgIpc) is 2.94. The van der Waals surface area contributed by atoms with Gasteiger partial charge in [0, 0.05) is 17.1 Å². The summed E-state index contributed by atoms with van der Waals surface area (Å²) in [4.78, 5) is 32.9. The number of esters is 1. The van der Waals surface area contributed by atoms with Crippen molar-refractivity contribution in [3.8, 4) is 6.07 Å². The van der Waals surface area contributed by atoms with Gasteiger partial charge in [-0.3, -0.25) is 9.69 Å². The highest BCUT2D eigenvalue weighted by Gasteiger charge is 2.44. The summed E-state index contributed by atoms with van der Waals surface area (Å²) in [5, 5.41) is 10.6. The highest BCUT2D eigenvalue weighted by atomic mass is 32.2. The fourth-order valence-electron chi connectivity index (χ4n) is 4.32. The van der Waals surface area contributed by atoms with Crippen LogP contribution in [0.15, 0.2) is 52.0 Å². The van der Waals surface area contributed by atoms with Gasteiger partial charge >= 0.3 is 5.97 Å². The summed E-state index contributed by atoms with van der Waals surface area (Å²) in [6, 6.07) is 7.70. The van der Waals surface area contributed by atoms with Gasteiger partial charge in [-0.25, -0.2) is 14.2 Å². The first-order valence-electron chi connectivity index (χ1n) is 10.7. The zero-order valence-corrected chi connectivity index (χ0v) is 20.0. The normalized spacial score (nSPS) is 17.7. The second-order valence-corrected chi connectivity index (χ2v) is 9.00. The Balaban J connectivity index is 2.03. The molecule has 1 aromatic heterocycles. The van der Waals surface area contributed by atoms with Crippen LogP contribution < -0.4 is 5.73 Å². The van der Waals surface area contributed by atoms with Crippen LogP contribution in [0, 0.1) is 37.9 Å². The van der Waals surface area contributed by atoms with Crippen molar-refractivity contribution in [2.24, 2.45) is 5.73 Å². The molecule has 0 saturated carbocycles. The Labute approximate surface area is 201 Å².